The molecule has 0 saturated heterocycles. The quantitative estimate of drug-likeness (QED) is 0.393. The Labute approximate surface area is 209 Å². The number of nitrogens with one attached hydrogen (secondary N) is 1. The fourth-order valence-electron chi connectivity index (χ4n) is 3.57. The predicted octanol–water partition coefficient (Wildman–Crippen LogP) is 2.74. The lowest BCUT2D eigenvalue weighted by molar-refractivity contribution is -0.114. The number of ether oxygens (including phenoxy) is 2. The van der Waals surface area contributed by atoms with E-state index in [9.17, 15) is 19.2 Å². The highest BCUT2D eigenvalue weighted by Crippen LogP contribution is 2.27. The number of amides is 1. The number of nitrogens with zero attached hydrogens (tertiary/aromatic N) is 3. The summed E-state index contributed by atoms with van der Waals surface area (Å²) in [6.07, 6.45) is 1.31. The molecule has 190 valence electrons. The van der Waals surface area contributed by atoms with Crippen LogP contribution in [0.1, 0.15) is 40.1 Å². The molecule has 1 amide bonds. The first kappa shape index (κ1) is 25.0. The van der Waals surface area contributed by atoms with Gasteiger partial charge in [-0.3, -0.25) is 14.7 Å². The summed E-state index contributed by atoms with van der Waals surface area (Å²) >= 11 is 0. The van der Waals surface area contributed by atoms with Crippen LogP contribution in [0.4, 0.5) is 5.69 Å². The minimum atomic E-state index is -1.11. The SMILES string of the molecule is CCOC1=NN(c2ccc(C(=O)O)cc2)C(=O)C1=Cc1c(OCC)[nH]n(-c2ccc(C(=O)O)cc2)c1=O. The molecule has 0 bridgehead atoms. The minimum Gasteiger partial charge on any atom is -0.478 e. The van der Waals surface area contributed by atoms with Crippen molar-refractivity contribution < 1.29 is 34.1 Å². The molecule has 0 saturated carbocycles. The minimum absolute atomic E-state index is 0.00501. The van der Waals surface area contributed by atoms with Gasteiger partial charge in [0.15, 0.2) is 0 Å². The van der Waals surface area contributed by atoms with Crippen molar-refractivity contribution in [2.75, 3.05) is 18.2 Å². The Hall–Kier alpha value is -5.13. The number of carboxylic acid groups (broad SMARTS) is 2. The number of hydrogen-bond donors (Lipinski definition) is 3. The zero-order valence-corrected chi connectivity index (χ0v) is 19.8. The lowest BCUT2D eigenvalue weighted by Crippen LogP contribution is -2.22. The monoisotopic (exact) mass is 506 g/mol. The molecule has 2 aromatic carbocycles. The number of benzene rings is 2. The van der Waals surface area contributed by atoms with Crippen LogP contribution < -0.4 is 15.3 Å². The molecule has 37 heavy (non-hydrogen) atoms. The highest BCUT2D eigenvalue weighted by Gasteiger charge is 2.34. The molecule has 3 N–H and O–H groups in total. The van der Waals surface area contributed by atoms with Crippen molar-refractivity contribution in [1.29, 1.82) is 0 Å². The van der Waals surface area contributed by atoms with Crippen molar-refractivity contribution in [3.05, 3.63) is 81.1 Å². The number of anilines is 1. The molecule has 1 aliphatic heterocycles. The number of aromatic carboxylic acids is 2. The Kier molecular flexibility index (Phi) is 6.91. The van der Waals surface area contributed by atoms with Gasteiger partial charge in [-0.1, -0.05) is 0 Å². The second-order valence-corrected chi connectivity index (χ2v) is 7.65. The van der Waals surface area contributed by atoms with Crippen LogP contribution in [0.5, 0.6) is 5.88 Å². The predicted molar refractivity (Wildman–Crippen MR) is 132 cm³/mol. The molecule has 1 aliphatic rings. The first-order chi connectivity index (χ1) is 17.7. The van der Waals surface area contributed by atoms with Crippen LogP contribution in [0.25, 0.3) is 11.8 Å². The molecule has 0 unspecified atom stereocenters. The fraction of sp³-hybridized carbons (Fsp3) is 0.160. The van der Waals surface area contributed by atoms with E-state index in [-0.39, 0.29) is 47.3 Å². The zero-order chi connectivity index (χ0) is 26.7. The van der Waals surface area contributed by atoms with Crippen molar-refractivity contribution in [3.8, 4) is 11.6 Å². The van der Waals surface area contributed by atoms with Crippen molar-refractivity contribution in [1.82, 2.24) is 9.78 Å². The molecule has 0 fully saturated rings. The summed E-state index contributed by atoms with van der Waals surface area (Å²) < 4.78 is 12.3. The lowest BCUT2D eigenvalue weighted by atomic mass is 10.1. The topological polar surface area (TPSA) is 164 Å². The molecule has 3 aromatic rings. The number of aromatic nitrogens is 2. The second kappa shape index (κ2) is 10.2. The van der Waals surface area contributed by atoms with E-state index in [2.05, 4.69) is 10.2 Å². The van der Waals surface area contributed by atoms with Gasteiger partial charge >= 0.3 is 11.9 Å². The molecule has 0 aliphatic carbocycles. The van der Waals surface area contributed by atoms with E-state index in [4.69, 9.17) is 19.7 Å². The van der Waals surface area contributed by atoms with Gasteiger partial charge in [0.2, 0.25) is 11.8 Å². The number of hydrazone groups is 1. The number of carboxylic acids is 2. The molecule has 12 nitrogen and oxygen atoms in total. The van der Waals surface area contributed by atoms with E-state index >= 15 is 0 Å². The maximum absolute atomic E-state index is 13.3. The number of carbonyl (C=O) groups excluding carboxylic acids is 1. The molecular formula is C25H22N4O8. The van der Waals surface area contributed by atoms with Gasteiger partial charge in [0, 0.05) is 0 Å². The largest absolute Gasteiger partial charge is 0.478 e. The molecular weight excluding hydrogens is 484 g/mol. The van der Waals surface area contributed by atoms with Gasteiger partial charge in [-0.2, -0.15) is 5.01 Å². The van der Waals surface area contributed by atoms with Gasteiger partial charge in [-0.05, 0) is 68.5 Å². The van der Waals surface area contributed by atoms with E-state index in [1.807, 2.05) is 0 Å². The number of hydrogen-bond acceptors (Lipinski definition) is 7. The smallest absolute Gasteiger partial charge is 0.335 e. The first-order valence-corrected chi connectivity index (χ1v) is 11.2. The second-order valence-electron chi connectivity index (χ2n) is 7.65. The number of carbonyl (C=O) groups is 3. The summed E-state index contributed by atoms with van der Waals surface area (Å²) in [5.74, 6) is -2.73. The number of rotatable bonds is 8. The lowest BCUT2D eigenvalue weighted by Gasteiger charge is -2.11. The van der Waals surface area contributed by atoms with Gasteiger partial charge in [-0.25, -0.2) is 14.3 Å². The molecule has 12 heteroatoms. The Morgan fingerprint density at radius 1 is 0.892 bits per heavy atom. The molecule has 4 rings (SSSR count). The van der Waals surface area contributed by atoms with E-state index in [0.717, 1.165) is 5.01 Å². The Bertz CT molecular complexity index is 1480. The Morgan fingerprint density at radius 2 is 1.43 bits per heavy atom. The van der Waals surface area contributed by atoms with E-state index < -0.39 is 23.4 Å². The highest BCUT2D eigenvalue weighted by molar-refractivity contribution is 6.30. The summed E-state index contributed by atoms with van der Waals surface area (Å²) in [6, 6.07) is 11.2. The summed E-state index contributed by atoms with van der Waals surface area (Å²) in [4.78, 5) is 48.9. The summed E-state index contributed by atoms with van der Waals surface area (Å²) in [6.45, 7) is 3.85. The average molecular weight is 506 g/mol. The Balaban J connectivity index is 1.77. The zero-order valence-electron chi connectivity index (χ0n) is 19.8. The van der Waals surface area contributed by atoms with Crippen molar-refractivity contribution >= 4 is 35.5 Å². The van der Waals surface area contributed by atoms with Crippen LogP contribution in [0, 0.1) is 0 Å². The maximum atomic E-state index is 13.3. The van der Waals surface area contributed by atoms with Crippen LogP contribution in [0.15, 0.2) is 64.0 Å². The molecule has 1 aromatic heterocycles. The molecule has 2 heterocycles. The van der Waals surface area contributed by atoms with E-state index in [1.165, 1.54) is 59.3 Å². The standard InChI is InChI=1S/C25H22N4O8/c1-3-36-20-18(22(30)28(26-20)16-9-5-14(6-10-16)24(32)33)13-19-21(37-4-2)27-29(23(19)31)17-11-7-15(8-12-17)25(34)35/h5-13,26H,3-4H2,1-2H3,(H,32,33)(H,34,35). The van der Waals surface area contributed by atoms with Crippen LogP contribution in [-0.2, 0) is 9.53 Å². The normalized spacial score (nSPS) is 14.1. The number of H-pyrrole nitrogens is 1. The summed E-state index contributed by atoms with van der Waals surface area (Å²) in [5.41, 5.74) is 0.250. The van der Waals surface area contributed by atoms with Crippen LogP contribution >= 0.6 is 0 Å². The Morgan fingerprint density at radius 3 is 1.95 bits per heavy atom. The van der Waals surface area contributed by atoms with Gasteiger partial charge in [0.05, 0.1) is 35.7 Å². The number of aromatic amines is 1. The first-order valence-electron chi connectivity index (χ1n) is 11.2. The average Bonchev–Trinajstić information content (AvgIpc) is 3.36. The fourth-order valence-corrected chi connectivity index (χ4v) is 3.57. The third-order valence-electron chi connectivity index (χ3n) is 5.33. The van der Waals surface area contributed by atoms with E-state index in [1.54, 1.807) is 13.8 Å². The highest BCUT2D eigenvalue weighted by atomic mass is 16.5. The van der Waals surface area contributed by atoms with Gasteiger partial charge in [-0.15, -0.1) is 5.10 Å². The van der Waals surface area contributed by atoms with Crippen LogP contribution in [0.3, 0.4) is 0 Å². The summed E-state index contributed by atoms with van der Waals surface area (Å²) in [5, 5.41) is 26.4. The van der Waals surface area contributed by atoms with Crippen molar-refractivity contribution in [3.63, 3.8) is 0 Å². The third-order valence-corrected chi connectivity index (χ3v) is 5.33. The molecule has 0 atom stereocenters. The summed E-state index contributed by atoms with van der Waals surface area (Å²) in [7, 11) is 0. The molecule has 0 radical (unpaired) electrons. The molecule has 0 spiro atoms. The van der Waals surface area contributed by atoms with Crippen LogP contribution in [-0.4, -0.2) is 57.0 Å². The van der Waals surface area contributed by atoms with Crippen molar-refractivity contribution in [2.45, 2.75) is 13.8 Å². The maximum Gasteiger partial charge on any atom is 0.335 e. The third kappa shape index (κ3) is 4.85. The van der Waals surface area contributed by atoms with Crippen molar-refractivity contribution in [2.24, 2.45) is 5.10 Å². The van der Waals surface area contributed by atoms with Crippen LogP contribution in [0.2, 0.25) is 0 Å². The van der Waals surface area contributed by atoms with Gasteiger partial charge < -0.3 is 19.7 Å². The van der Waals surface area contributed by atoms with Gasteiger partial charge in [0.1, 0.15) is 11.1 Å². The van der Waals surface area contributed by atoms with E-state index in [0.29, 0.717) is 11.4 Å². The van der Waals surface area contributed by atoms with Gasteiger partial charge in [0.25, 0.3) is 11.5 Å².